The second-order valence-corrected chi connectivity index (χ2v) is 5.80. The zero-order valence-electron chi connectivity index (χ0n) is 15.5. The van der Waals surface area contributed by atoms with Gasteiger partial charge in [-0.05, 0) is 34.7 Å². The van der Waals surface area contributed by atoms with Crippen molar-refractivity contribution in [3.8, 4) is 45.5 Å². The summed E-state index contributed by atoms with van der Waals surface area (Å²) in [6.45, 7) is 0. The lowest BCUT2D eigenvalue weighted by atomic mass is 10.1. The monoisotopic (exact) mass is 379 g/mol. The molecule has 0 saturated heterocycles. The maximum atomic E-state index is 5.56. The predicted octanol–water partition coefficient (Wildman–Crippen LogP) is 3.01. The summed E-state index contributed by atoms with van der Waals surface area (Å²) >= 11 is 0. The van der Waals surface area contributed by atoms with Crippen molar-refractivity contribution in [3.05, 3.63) is 48.8 Å². The van der Waals surface area contributed by atoms with Crippen molar-refractivity contribution in [2.24, 2.45) is 0 Å². The summed E-state index contributed by atoms with van der Waals surface area (Å²) in [5.41, 5.74) is 3.12. The van der Waals surface area contributed by atoms with Gasteiger partial charge in [-0.3, -0.25) is 0 Å². The van der Waals surface area contributed by atoms with E-state index in [4.69, 9.17) is 18.7 Å². The van der Waals surface area contributed by atoms with Crippen LogP contribution >= 0.6 is 0 Å². The van der Waals surface area contributed by atoms with E-state index in [0.29, 0.717) is 28.7 Å². The third-order valence-corrected chi connectivity index (χ3v) is 4.21. The Morgan fingerprint density at radius 2 is 1.68 bits per heavy atom. The number of hydrogen-bond donors (Lipinski definition) is 0. The molecule has 2 aromatic heterocycles. The van der Waals surface area contributed by atoms with Gasteiger partial charge in [0.25, 0.3) is 0 Å². The minimum absolute atomic E-state index is 0.516. The highest BCUT2D eigenvalue weighted by molar-refractivity contribution is 5.72. The van der Waals surface area contributed by atoms with Gasteiger partial charge in [0.1, 0.15) is 12.0 Å². The number of aromatic nitrogens is 5. The van der Waals surface area contributed by atoms with E-state index in [9.17, 15) is 0 Å². The van der Waals surface area contributed by atoms with Gasteiger partial charge in [0.15, 0.2) is 17.3 Å². The van der Waals surface area contributed by atoms with Crippen molar-refractivity contribution < 1.29 is 18.7 Å². The highest BCUT2D eigenvalue weighted by Gasteiger charge is 2.17. The van der Waals surface area contributed by atoms with E-state index in [-0.39, 0.29) is 0 Å². The van der Waals surface area contributed by atoms with Crippen molar-refractivity contribution in [2.75, 3.05) is 21.3 Å². The first-order valence-corrected chi connectivity index (χ1v) is 8.34. The van der Waals surface area contributed by atoms with Gasteiger partial charge in [-0.15, -0.1) is 5.10 Å². The summed E-state index contributed by atoms with van der Waals surface area (Å²) in [5, 5.41) is 15.4. The number of tetrazole rings is 1. The summed E-state index contributed by atoms with van der Waals surface area (Å²) in [6, 6.07) is 13.1. The molecular formula is C19H17N5O4. The second-order valence-electron chi connectivity index (χ2n) is 5.80. The topological polar surface area (TPSA) is 97.3 Å². The Morgan fingerprint density at radius 3 is 2.32 bits per heavy atom. The third-order valence-electron chi connectivity index (χ3n) is 4.21. The first-order valence-electron chi connectivity index (χ1n) is 8.34. The largest absolute Gasteiger partial charge is 0.493 e. The van der Waals surface area contributed by atoms with Gasteiger partial charge in [0.2, 0.25) is 5.75 Å². The molecule has 142 valence electrons. The van der Waals surface area contributed by atoms with Gasteiger partial charge in [-0.25, -0.2) is 4.68 Å². The van der Waals surface area contributed by atoms with E-state index in [1.165, 1.54) is 6.33 Å². The molecule has 0 fully saturated rings. The molecule has 0 radical (unpaired) electrons. The Hall–Kier alpha value is -3.88. The molecule has 9 nitrogen and oxygen atoms in total. The van der Waals surface area contributed by atoms with Crippen LogP contribution in [0.25, 0.3) is 28.3 Å². The molecule has 4 rings (SSSR count). The lowest BCUT2D eigenvalue weighted by Gasteiger charge is -2.12. The standard InChI is InChI=1S/C19H17N5O4/c1-25-17-8-13(9-18(26-2)19(17)27-3)16-10-15(21-28-16)12-5-4-6-14(7-12)24-11-20-22-23-24/h4-11H,1-3H3. The fraction of sp³-hybridized carbons (Fsp3) is 0.158. The van der Waals surface area contributed by atoms with Crippen LogP contribution in [-0.2, 0) is 0 Å². The number of benzene rings is 2. The number of rotatable bonds is 6. The summed E-state index contributed by atoms with van der Waals surface area (Å²) in [7, 11) is 4.69. The molecule has 0 saturated carbocycles. The van der Waals surface area contributed by atoms with Crippen LogP contribution in [0.15, 0.2) is 53.3 Å². The van der Waals surface area contributed by atoms with E-state index >= 15 is 0 Å². The van der Waals surface area contributed by atoms with Gasteiger partial charge in [0.05, 0.1) is 27.0 Å². The Balaban J connectivity index is 1.72. The van der Waals surface area contributed by atoms with Crippen molar-refractivity contribution in [3.63, 3.8) is 0 Å². The highest BCUT2D eigenvalue weighted by Crippen LogP contribution is 2.41. The van der Waals surface area contributed by atoms with Crippen molar-refractivity contribution in [1.29, 1.82) is 0 Å². The van der Waals surface area contributed by atoms with Crippen LogP contribution in [0, 0.1) is 0 Å². The minimum Gasteiger partial charge on any atom is -0.493 e. The van der Waals surface area contributed by atoms with Gasteiger partial charge in [0, 0.05) is 17.2 Å². The van der Waals surface area contributed by atoms with Crippen molar-refractivity contribution in [1.82, 2.24) is 25.4 Å². The maximum absolute atomic E-state index is 5.56. The molecule has 0 bridgehead atoms. The Kier molecular flexibility index (Phi) is 4.63. The van der Waals surface area contributed by atoms with Crippen LogP contribution in [0.2, 0.25) is 0 Å². The number of hydrogen-bond acceptors (Lipinski definition) is 8. The fourth-order valence-electron chi connectivity index (χ4n) is 2.86. The van der Waals surface area contributed by atoms with E-state index in [1.807, 2.05) is 42.5 Å². The van der Waals surface area contributed by atoms with E-state index in [0.717, 1.165) is 16.8 Å². The predicted molar refractivity (Wildman–Crippen MR) is 99.7 cm³/mol. The quantitative estimate of drug-likeness (QED) is 0.504. The summed E-state index contributed by atoms with van der Waals surface area (Å²) in [6.07, 6.45) is 1.53. The molecule has 4 aromatic rings. The summed E-state index contributed by atoms with van der Waals surface area (Å²) < 4.78 is 23.3. The van der Waals surface area contributed by atoms with Crippen LogP contribution in [0.5, 0.6) is 17.2 Å². The van der Waals surface area contributed by atoms with Crippen LogP contribution in [0.3, 0.4) is 0 Å². The number of ether oxygens (including phenoxy) is 3. The molecule has 28 heavy (non-hydrogen) atoms. The average Bonchev–Trinajstić information content (AvgIpc) is 3.45. The van der Waals surface area contributed by atoms with Gasteiger partial charge >= 0.3 is 0 Å². The first-order chi connectivity index (χ1) is 13.7. The molecular weight excluding hydrogens is 362 g/mol. The zero-order chi connectivity index (χ0) is 19.5. The normalized spacial score (nSPS) is 10.7. The van der Waals surface area contributed by atoms with Crippen LogP contribution in [0.1, 0.15) is 0 Å². The molecule has 0 N–H and O–H groups in total. The summed E-state index contributed by atoms with van der Waals surface area (Å²) in [4.78, 5) is 0. The van der Waals surface area contributed by atoms with E-state index in [2.05, 4.69) is 20.7 Å². The van der Waals surface area contributed by atoms with Gasteiger partial charge < -0.3 is 18.7 Å². The molecule has 0 aliphatic carbocycles. The lowest BCUT2D eigenvalue weighted by Crippen LogP contribution is -1.95. The SMILES string of the molecule is COc1cc(-c2cc(-c3cccc(-n4cnnn4)c3)no2)cc(OC)c1OC. The fourth-order valence-corrected chi connectivity index (χ4v) is 2.86. The lowest BCUT2D eigenvalue weighted by molar-refractivity contribution is 0.324. The summed E-state index contributed by atoms with van der Waals surface area (Å²) in [5.74, 6) is 2.16. The Labute approximate surface area is 160 Å². The Bertz CT molecular complexity index is 1070. The average molecular weight is 379 g/mol. The number of methoxy groups -OCH3 is 3. The first kappa shape index (κ1) is 17.5. The highest BCUT2D eigenvalue weighted by atomic mass is 16.5. The van der Waals surface area contributed by atoms with Crippen molar-refractivity contribution in [2.45, 2.75) is 0 Å². The van der Waals surface area contributed by atoms with Crippen LogP contribution in [-0.4, -0.2) is 46.7 Å². The van der Waals surface area contributed by atoms with E-state index in [1.54, 1.807) is 26.0 Å². The molecule has 2 heterocycles. The molecule has 2 aromatic carbocycles. The molecule has 0 aliphatic heterocycles. The van der Waals surface area contributed by atoms with E-state index < -0.39 is 0 Å². The number of nitrogens with zero attached hydrogens (tertiary/aromatic N) is 5. The molecule has 0 unspecified atom stereocenters. The molecule has 0 atom stereocenters. The van der Waals surface area contributed by atoms with Crippen molar-refractivity contribution >= 4 is 0 Å². The molecule has 9 heteroatoms. The van der Waals surface area contributed by atoms with Gasteiger partial charge in [-0.1, -0.05) is 17.3 Å². The maximum Gasteiger partial charge on any atom is 0.203 e. The van der Waals surface area contributed by atoms with Crippen LogP contribution < -0.4 is 14.2 Å². The Morgan fingerprint density at radius 1 is 0.893 bits per heavy atom. The van der Waals surface area contributed by atoms with Crippen LogP contribution in [0.4, 0.5) is 0 Å². The minimum atomic E-state index is 0.516. The van der Waals surface area contributed by atoms with Gasteiger partial charge in [-0.2, -0.15) is 0 Å². The molecule has 0 aliphatic rings. The molecule has 0 amide bonds. The third kappa shape index (κ3) is 3.13. The zero-order valence-corrected chi connectivity index (χ0v) is 15.5. The second kappa shape index (κ2) is 7.39. The molecule has 0 spiro atoms. The smallest absolute Gasteiger partial charge is 0.203 e.